The molecule has 0 aliphatic heterocycles. The number of carbonyl (C=O) groups is 1. The fourth-order valence-electron chi connectivity index (χ4n) is 1.62. The molecule has 4 nitrogen and oxygen atoms in total. The molecule has 0 unspecified atom stereocenters. The van der Waals surface area contributed by atoms with Crippen LogP contribution in [-0.2, 0) is 14.3 Å². The second-order valence-corrected chi connectivity index (χ2v) is 14.0. The first kappa shape index (κ1) is 19.1. The second kappa shape index (κ2) is 7.06. The zero-order valence-electron chi connectivity index (χ0n) is 14.0. The van der Waals surface area contributed by atoms with Crippen LogP contribution in [0.2, 0.25) is 18.1 Å². The molecule has 0 radical (unpaired) electrons. The third kappa shape index (κ3) is 5.66. The summed E-state index contributed by atoms with van der Waals surface area (Å²) >= 11 is 0. The van der Waals surface area contributed by atoms with E-state index in [9.17, 15) is 13.2 Å². The summed E-state index contributed by atoms with van der Waals surface area (Å²) in [7, 11) is -5.41. The molecule has 22 heavy (non-hydrogen) atoms. The highest BCUT2D eigenvalue weighted by Crippen LogP contribution is 2.36. The number of Topliss-reactive ketones (excluding diaryl/α,β-unsaturated/α-hetero) is 1. The number of hydrogen-bond donors (Lipinski definition) is 0. The zero-order chi connectivity index (χ0) is 17.0. The lowest BCUT2D eigenvalue weighted by atomic mass is 10.2. The minimum atomic E-state index is -3.45. The van der Waals surface area contributed by atoms with Gasteiger partial charge < -0.3 is 4.43 Å². The van der Waals surface area contributed by atoms with Crippen LogP contribution < -0.4 is 0 Å². The summed E-state index contributed by atoms with van der Waals surface area (Å²) in [5, 5.41) is 0.0383. The Morgan fingerprint density at radius 3 is 2.18 bits per heavy atom. The molecule has 0 aliphatic rings. The van der Waals surface area contributed by atoms with E-state index < -0.39 is 23.9 Å². The van der Waals surface area contributed by atoms with Crippen molar-refractivity contribution >= 4 is 23.9 Å². The van der Waals surface area contributed by atoms with E-state index in [1.807, 2.05) is 0 Å². The molecule has 0 atom stereocenters. The summed E-state index contributed by atoms with van der Waals surface area (Å²) in [6.07, 6.45) is 0. The van der Waals surface area contributed by atoms with Gasteiger partial charge in [0.2, 0.25) is 0 Å². The van der Waals surface area contributed by atoms with Gasteiger partial charge in [0.15, 0.2) is 23.9 Å². The normalized spacial score (nSPS) is 13.1. The zero-order valence-corrected chi connectivity index (χ0v) is 15.9. The van der Waals surface area contributed by atoms with Crippen LogP contribution in [0.3, 0.4) is 0 Å². The van der Waals surface area contributed by atoms with Gasteiger partial charge in [-0.1, -0.05) is 51.1 Å². The SMILES string of the molecule is CC(C)(C)[Si](C)(C)OCCS(=O)(=O)CC(=O)c1ccccc1. The molecule has 1 aromatic rings. The van der Waals surface area contributed by atoms with Crippen molar-refractivity contribution < 1.29 is 17.6 Å². The smallest absolute Gasteiger partial charge is 0.192 e. The largest absolute Gasteiger partial charge is 0.416 e. The summed E-state index contributed by atoms with van der Waals surface area (Å²) in [5.74, 6) is -0.941. The number of rotatable bonds is 7. The van der Waals surface area contributed by atoms with E-state index in [1.165, 1.54) is 0 Å². The van der Waals surface area contributed by atoms with Crippen LogP contribution in [0.5, 0.6) is 0 Å². The lowest BCUT2D eigenvalue weighted by molar-refractivity contribution is 0.102. The van der Waals surface area contributed by atoms with Crippen LogP contribution in [0.4, 0.5) is 0 Å². The predicted octanol–water partition coefficient (Wildman–Crippen LogP) is 3.31. The first-order valence-electron chi connectivity index (χ1n) is 7.37. The fourth-order valence-corrected chi connectivity index (χ4v) is 3.86. The molecular formula is C16H26O4SSi. The Morgan fingerprint density at radius 1 is 1.14 bits per heavy atom. The number of sulfone groups is 1. The van der Waals surface area contributed by atoms with Gasteiger partial charge in [-0.3, -0.25) is 4.79 Å². The molecule has 0 bridgehead atoms. The summed E-state index contributed by atoms with van der Waals surface area (Å²) in [6.45, 7) is 10.6. The van der Waals surface area contributed by atoms with E-state index in [-0.39, 0.29) is 23.2 Å². The van der Waals surface area contributed by atoms with Crippen LogP contribution in [-0.4, -0.2) is 40.6 Å². The van der Waals surface area contributed by atoms with Crippen molar-refractivity contribution in [3.8, 4) is 0 Å². The maximum Gasteiger partial charge on any atom is 0.192 e. The maximum atomic E-state index is 12.1. The number of ketones is 1. The Hall–Kier alpha value is -0.983. The van der Waals surface area contributed by atoms with Gasteiger partial charge in [0.25, 0.3) is 0 Å². The number of carbonyl (C=O) groups excluding carboxylic acids is 1. The number of benzene rings is 1. The third-order valence-electron chi connectivity index (χ3n) is 4.11. The van der Waals surface area contributed by atoms with Crippen molar-refractivity contribution in [1.82, 2.24) is 0 Å². The number of hydrogen-bond acceptors (Lipinski definition) is 4. The quantitative estimate of drug-likeness (QED) is 0.563. The minimum Gasteiger partial charge on any atom is -0.416 e. The van der Waals surface area contributed by atoms with Gasteiger partial charge in [0.05, 0.1) is 5.75 Å². The van der Waals surface area contributed by atoms with E-state index >= 15 is 0 Å². The van der Waals surface area contributed by atoms with Gasteiger partial charge in [0, 0.05) is 12.2 Å². The lowest BCUT2D eigenvalue weighted by Gasteiger charge is -2.36. The van der Waals surface area contributed by atoms with Gasteiger partial charge in [-0.25, -0.2) is 8.42 Å². The third-order valence-corrected chi connectivity index (χ3v) is 10.1. The average molecular weight is 343 g/mol. The van der Waals surface area contributed by atoms with Crippen molar-refractivity contribution in [2.24, 2.45) is 0 Å². The van der Waals surface area contributed by atoms with Gasteiger partial charge in [-0.15, -0.1) is 0 Å². The predicted molar refractivity (Wildman–Crippen MR) is 92.6 cm³/mol. The van der Waals surface area contributed by atoms with E-state index in [1.54, 1.807) is 30.3 Å². The highest BCUT2D eigenvalue weighted by atomic mass is 32.2. The Balaban J connectivity index is 2.57. The molecule has 0 aromatic heterocycles. The summed E-state index contributed by atoms with van der Waals surface area (Å²) in [4.78, 5) is 12.0. The van der Waals surface area contributed by atoms with Crippen molar-refractivity contribution in [2.45, 2.75) is 38.9 Å². The van der Waals surface area contributed by atoms with Gasteiger partial charge >= 0.3 is 0 Å². The summed E-state index contributed by atoms with van der Waals surface area (Å²) in [5.41, 5.74) is 0.427. The van der Waals surface area contributed by atoms with Crippen molar-refractivity contribution in [1.29, 1.82) is 0 Å². The van der Waals surface area contributed by atoms with Gasteiger partial charge in [-0.05, 0) is 18.1 Å². The molecule has 6 heteroatoms. The maximum absolute atomic E-state index is 12.1. The van der Waals surface area contributed by atoms with E-state index in [4.69, 9.17) is 4.43 Å². The Morgan fingerprint density at radius 2 is 1.68 bits per heavy atom. The van der Waals surface area contributed by atoms with E-state index in [2.05, 4.69) is 33.9 Å². The van der Waals surface area contributed by atoms with Crippen LogP contribution >= 0.6 is 0 Å². The molecule has 0 amide bonds. The molecule has 0 spiro atoms. The summed E-state index contributed by atoms with van der Waals surface area (Å²) in [6, 6.07) is 8.49. The molecule has 1 aromatic carbocycles. The Kier molecular flexibility index (Phi) is 6.12. The molecule has 1 rings (SSSR count). The average Bonchev–Trinajstić information content (AvgIpc) is 2.37. The molecule has 0 saturated heterocycles. The molecule has 124 valence electrons. The Labute approximate surface area is 134 Å². The molecule has 0 fully saturated rings. The monoisotopic (exact) mass is 342 g/mol. The van der Waals surface area contributed by atoms with Crippen LogP contribution in [0.15, 0.2) is 30.3 Å². The van der Waals surface area contributed by atoms with Crippen LogP contribution in [0.25, 0.3) is 0 Å². The first-order chi connectivity index (χ1) is 9.95. The lowest BCUT2D eigenvalue weighted by Crippen LogP contribution is -2.42. The molecular weight excluding hydrogens is 316 g/mol. The summed E-state index contributed by atoms with van der Waals surface area (Å²) < 4.78 is 30.0. The second-order valence-electron chi connectivity index (χ2n) is 6.99. The van der Waals surface area contributed by atoms with E-state index in [0.717, 1.165) is 0 Å². The van der Waals surface area contributed by atoms with Crippen molar-refractivity contribution in [2.75, 3.05) is 18.1 Å². The first-order valence-corrected chi connectivity index (χ1v) is 12.1. The topological polar surface area (TPSA) is 60.4 Å². The highest BCUT2D eigenvalue weighted by molar-refractivity contribution is 7.92. The fraction of sp³-hybridized carbons (Fsp3) is 0.562. The van der Waals surface area contributed by atoms with Crippen molar-refractivity contribution in [3.63, 3.8) is 0 Å². The van der Waals surface area contributed by atoms with Crippen LogP contribution in [0, 0.1) is 0 Å². The Bertz CT molecular complexity index is 601. The molecule has 0 saturated carbocycles. The van der Waals surface area contributed by atoms with Gasteiger partial charge in [0.1, 0.15) is 5.75 Å². The molecule has 0 heterocycles. The standard InChI is InChI=1S/C16H26O4SSi/c1-16(2,3)22(4,5)20-11-12-21(18,19)13-15(17)14-9-7-6-8-10-14/h6-10H,11-13H2,1-5H3. The van der Waals surface area contributed by atoms with E-state index in [0.29, 0.717) is 5.56 Å². The molecule has 0 aliphatic carbocycles. The highest BCUT2D eigenvalue weighted by Gasteiger charge is 2.37. The molecule has 0 N–H and O–H groups in total. The minimum absolute atomic E-state index is 0.0383. The van der Waals surface area contributed by atoms with Crippen molar-refractivity contribution in [3.05, 3.63) is 35.9 Å². The van der Waals surface area contributed by atoms with Gasteiger partial charge in [-0.2, -0.15) is 0 Å². The van der Waals surface area contributed by atoms with Crippen LogP contribution in [0.1, 0.15) is 31.1 Å².